The average Bonchev–Trinajstić information content (AvgIpc) is 3.23. The molecule has 1 saturated carbocycles. The van der Waals surface area contributed by atoms with Crippen molar-refractivity contribution >= 4 is 17.3 Å². The number of benzene rings is 1. The van der Waals surface area contributed by atoms with Crippen LogP contribution in [0.4, 0.5) is 5.69 Å². The predicted molar refractivity (Wildman–Crippen MR) is 76.2 cm³/mol. The highest BCUT2D eigenvalue weighted by Crippen LogP contribution is 2.35. The van der Waals surface area contributed by atoms with Gasteiger partial charge in [0.05, 0.1) is 10.6 Å². The zero-order valence-electron chi connectivity index (χ0n) is 10.7. The van der Waals surface area contributed by atoms with Crippen LogP contribution >= 0.6 is 11.6 Å². The Morgan fingerprint density at radius 2 is 1.95 bits per heavy atom. The fraction of sp³-hybridized carbons (Fsp3) is 0.231. The highest BCUT2D eigenvalue weighted by atomic mass is 35.5. The van der Waals surface area contributed by atoms with Crippen LogP contribution in [-0.2, 0) is 0 Å². The number of nitro benzene ring substituents is 1. The van der Waals surface area contributed by atoms with E-state index in [-0.39, 0.29) is 22.6 Å². The van der Waals surface area contributed by atoms with Gasteiger partial charge in [0.1, 0.15) is 5.15 Å². The lowest BCUT2D eigenvalue weighted by molar-refractivity contribution is -0.384. The van der Waals surface area contributed by atoms with Gasteiger partial charge in [-0.25, -0.2) is 9.36 Å². The van der Waals surface area contributed by atoms with Gasteiger partial charge < -0.3 is 0 Å². The Kier molecular flexibility index (Phi) is 3.13. The molecule has 1 aliphatic carbocycles. The van der Waals surface area contributed by atoms with Gasteiger partial charge in [-0.2, -0.15) is 0 Å². The first kappa shape index (κ1) is 13.6. The number of rotatable bonds is 3. The summed E-state index contributed by atoms with van der Waals surface area (Å²) >= 11 is 5.95. The Hall–Kier alpha value is -2.41. The first-order valence-corrected chi connectivity index (χ1v) is 6.66. The van der Waals surface area contributed by atoms with Crippen molar-refractivity contribution in [1.82, 2.24) is 9.13 Å². The number of hydrogen-bond acceptors (Lipinski definition) is 4. The number of nitro groups is 1. The summed E-state index contributed by atoms with van der Waals surface area (Å²) in [5, 5.41) is 10.9. The summed E-state index contributed by atoms with van der Waals surface area (Å²) in [6.45, 7) is 0. The third-order valence-corrected chi connectivity index (χ3v) is 3.59. The SMILES string of the molecule is O=c1cc(Cl)n(C2CC2)c(=O)n1-c1cccc([N+](=O)[O-])c1. The maximum absolute atomic E-state index is 12.4. The molecule has 0 saturated heterocycles. The summed E-state index contributed by atoms with van der Waals surface area (Å²) in [5.74, 6) is 0. The Labute approximate surface area is 123 Å². The van der Waals surface area contributed by atoms with E-state index < -0.39 is 16.2 Å². The molecule has 2 aromatic rings. The monoisotopic (exact) mass is 307 g/mol. The van der Waals surface area contributed by atoms with Crippen molar-refractivity contribution in [2.24, 2.45) is 0 Å². The molecule has 1 aliphatic rings. The zero-order chi connectivity index (χ0) is 15.1. The van der Waals surface area contributed by atoms with Crippen molar-refractivity contribution in [2.75, 3.05) is 0 Å². The van der Waals surface area contributed by atoms with E-state index in [4.69, 9.17) is 11.6 Å². The van der Waals surface area contributed by atoms with Gasteiger partial charge in [-0.3, -0.25) is 19.5 Å². The second-order valence-electron chi connectivity index (χ2n) is 4.80. The van der Waals surface area contributed by atoms with E-state index in [0.717, 1.165) is 23.5 Å². The smallest absolute Gasteiger partial charge is 0.280 e. The minimum Gasteiger partial charge on any atom is -0.280 e. The van der Waals surface area contributed by atoms with E-state index in [1.165, 1.54) is 28.8 Å². The van der Waals surface area contributed by atoms with Crippen molar-refractivity contribution in [3.8, 4) is 5.69 Å². The molecule has 108 valence electrons. The van der Waals surface area contributed by atoms with Gasteiger partial charge in [-0.1, -0.05) is 17.7 Å². The Bertz CT molecular complexity index is 851. The quantitative estimate of drug-likeness (QED) is 0.492. The molecule has 1 heterocycles. The van der Waals surface area contributed by atoms with E-state index in [1.54, 1.807) is 0 Å². The highest BCUT2D eigenvalue weighted by Gasteiger charge is 2.28. The van der Waals surface area contributed by atoms with Crippen LogP contribution in [0.25, 0.3) is 5.69 Å². The van der Waals surface area contributed by atoms with Crippen molar-refractivity contribution < 1.29 is 4.92 Å². The van der Waals surface area contributed by atoms with Crippen molar-refractivity contribution in [3.63, 3.8) is 0 Å². The fourth-order valence-electron chi connectivity index (χ4n) is 2.18. The summed E-state index contributed by atoms with van der Waals surface area (Å²) in [6.07, 6.45) is 1.65. The van der Waals surface area contributed by atoms with Crippen LogP contribution in [0.1, 0.15) is 18.9 Å². The molecule has 21 heavy (non-hydrogen) atoms. The molecular formula is C13H10ClN3O4. The third kappa shape index (κ3) is 2.36. The summed E-state index contributed by atoms with van der Waals surface area (Å²) in [7, 11) is 0. The lowest BCUT2D eigenvalue weighted by Gasteiger charge is -2.11. The molecule has 1 fully saturated rings. The largest absolute Gasteiger partial charge is 0.337 e. The second kappa shape index (κ2) is 4.85. The van der Waals surface area contributed by atoms with E-state index in [1.807, 2.05) is 0 Å². The van der Waals surface area contributed by atoms with E-state index in [0.29, 0.717) is 0 Å². The zero-order valence-corrected chi connectivity index (χ0v) is 11.5. The highest BCUT2D eigenvalue weighted by molar-refractivity contribution is 6.29. The second-order valence-corrected chi connectivity index (χ2v) is 5.19. The van der Waals surface area contributed by atoms with Gasteiger partial charge in [0.15, 0.2) is 0 Å². The van der Waals surface area contributed by atoms with Gasteiger partial charge in [0.25, 0.3) is 11.2 Å². The van der Waals surface area contributed by atoms with Gasteiger partial charge >= 0.3 is 5.69 Å². The van der Waals surface area contributed by atoms with Gasteiger partial charge in [0.2, 0.25) is 0 Å². The van der Waals surface area contributed by atoms with Gasteiger partial charge in [0, 0.05) is 24.2 Å². The maximum Gasteiger partial charge on any atom is 0.337 e. The summed E-state index contributed by atoms with van der Waals surface area (Å²) in [4.78, 5) is 34.7. The van der Waals surface area contributed by atoms with Gasteiger partial charge in [-0.15, -0.1) is 0 Å². The molecule has 0 aliphatic heterocycles. The van der Waals surface area contributed by atoms with Crippen molar-refractivity contribution in [2.45, 2.75) is 18.9 Å². The van der Waals surface area contributed by atoms with Crippen LogP contribution in [0.3, 0.4) is 0 Å². The first-order valence-electron chi connectivity index (χ1n) is 6.28. The molecule has 8 heteroatoms. The van der Waals surface area contributed by atoms with Crippen molar-refractivity contribution in [1.29, 1.82) is 0 Å². The molecule has 0 radical (unpaired) electrons. The topological polar surface area (TPSA) is 87.1 Å². The average molecular weight is 308 g/mol. The predicted octanol–water partition coefficient (Wildman–Crippen LogP) is 1.90. The van der Waals surface area contributed by atoms with Crippen LogP contribution in [0, 0.1) is 10.1 Å². The first-order chi connectivity index (χ1) is 9.99. The van der Waals surface area contributed by atoms with Crippen LogP contribution in [0.5, 0.6) is 0 Å². The van der Waals surface area contributed by atoms with E-state index in [2.05, 4.69) is 0 Å². The minimum atomic E-state index is -0.609. The molecule has 1 aromatic heterocycles. The lowest BCUT2D eigenvalue weighted by atomic mass is 10.3. The molecule has 1 aromatic carbocycles. The number of halogens is 1. The Morgan fingerprint density at radius 3 is 2.57 bits per heavy atom. The summed E-state index contributed by atoms with van der Waals surface area (Å²) in [6, 6.07) is 6.53. The minimum absolute atomic E-state index is 0.00412. The molecule has 0 N–H and O–H groups in total. The van der Waals surface area contributed by atoms with Crippen LogP contribution in [0.15, 0.2) is 39.9 Å². The number of non-ortho nitro benzene ring substituents is 1. The van der Waals surface area contributed by atoms with Crippen molar-refractivity contribution in [3.05, 3.63) is 66.4 Å². The summed E-state index contributed by atoms with van der Waals surface area (Å²) < 4.78 is 2.25. The number of aromatic nitrogens is 2. The van der Waals surface area contributed by atoms with Crippen LogP contribution < -0.4 is 11.2 Å². The molecular weight excluding hydrogens is 298 g/mol. The lowest BCUT2D eigenvalue weighted by Crippen LogP contribution is -2.38. The normalized spacial score (nSPS) is 14.1. The Balaban J connectivity index is 2.25. The van der Waals surface area contributed by atoms with Crippen LogP contribution in [-0.4, -0.2) is 14.1 Å². The van der Waals surface area contributed by atoms with Gasteiger partial charge in [-0.05, 0) is 18.9 Å². The molecule has 0 spiro atoms. The van der Waals surface area contributed by atoms with Crippen LogP contribution in [0.2, 0.25) is 5.15 Å². The fourth-order valence-corrected chi connectivity index (χ4v) is 2.48. The third-order valence-electron chi connectivity index (χ3n) is 3.30. The number of hydrogen-bond donors (Lipinski definition) is 0. The Morgan fingerprint density at radius 1 is 1.24 bits per heavy atom. The van der Waals surface area contributed by atoms with E-state index >= 15 is 0 Å². The standard InChI is InChI=1S/C13H10ClN3O4/c14-11-7-12(18)16(13(19)15(11)8-4-5-8)9-2-1-3-10(6-9)17(20)21/h1-3,6-8H,4-5H2. The summed E-state index contributed by atoms with van der Waals surface area (Å²) in [5.41, 5.74) is -1.21. The molecule has 0 atom stereocenters. The molecule has 3 rings (SSSR count). The molecule has 0 amide bonds. The molecule has 0 bridgehead atoms. The number of nitrogens with zero attached hydrogens (tertiary/aromatic N) is 3. The van der Waals surface area contributed by atoms with E-state index in [9.17, 15) is 19.7 Å². The maximum atomic E-state index is 12.4. The molecule has 0 unspecified atom stereocenters. The molecule has 7 nitrogen and oxygen atoms in total.